The number of nitrogens with zero attached hydrogens (tertiary/aromatic N) is 4. The molecule has 1 aromatic heterocycles. The zero-order valence-electron chi connectivity index (χ0n) is 9.60. The molecule has 0 saturated heterocycles. The molecule has 0 aliphatic carbocycles. The molecule has 5 nitrogen and oxygen atoms in total. The molecule has 2 rings (SSSR count). The van der Waals surface area contributed by atoms with Crippen LogP contribution in [0.2, 0.25) is 5.02 Å². The Morgan fingerprint density at radius 3 is 3.00 bits per heavy atom. The van der Waals surface area contributed by atoms with Crippen LogP contribution in [0.3, 0.4) is 0 Å². The molecular formula is C11H14ClN5. The maximum atomic E-state index is 5.99. The summed E-state index contributed by atoms with van der Waals surface area (Å²) in [6.07, 6.45) is 1.62. The van der Waals surface area contributed by atoms with E-state index in [0.717, 1.165) is 29.9 Å². The Hall–Kier alpha value is -1.46. The Morgan fingerprint density at radius 1 is 1.41 bits per heavy atom. The molecule has 0 spiro atoms. The highest BCUT2D eigenvalue weighted by Gasteiger charge is 2.10. The molecule has 0 bridgehead atoms. The maximum absolute atomic E-state index is 5.99. The number of benzene rings is 1. The first-order valence-electron chi connectivity index (χ1n) is 5.46. The lowest BCUT2D eigenvalue weighted by Gasteiger charge is -2.07. The van der Waals surface area contributed by atoms with Crippen LogP contribution in [-0.2, 0) is 6.42 Å². The van der Waals surface area contributed by atoms with Gasteiger partial charge in [0, 0.05) is 11.4 Å². The summed E-state index contributed by atoms with van der Waals surface area (Å²) in [4.78, 5) is 0. The first-order valence-corrected chi connectivity index (χ1v) is 5.84. The van der Waals surface area contributed by atoms with Gasteiger partial charge >= 0.3 is 0 Å². The van der Waals surface area contributed by atoms with Gasteiger partial charge < -0.3 is 5.73 Å². The van der Waals surface area contributed by atoms with Crippen LogP contribution in [0.5, 0.6) is 0 Å². The molecule has 0 aliphatic rings. The third-order valence-corrected chi connectivity index (χ3v) is 2.77. The Balaban J connectivity index is 2.38. The largest absolute Gasteiger partial charge is 0.330 e. The lowest BCUT2D eigenvalue weighted by atomic mass is 10.2. The van der Waals surface area contributed by atoms with Crippen molar-refractivity contribution in [3.63, 3.8) is 0 Å². The van der Waals surface area contributed by atoms with Crippen molar-refractivity contribution in [3.05, 3.63) is 34.6 Å². The van der Waals surface area contributed by atoms with E-state index in [1.807, 2.05) is 25.1 Å². The van der Waals surface area contributed by atoms with Gasteiger partial charge in [0.1, 0.15) is 0 Å². The summed E-state index contributed by atoms with van der Waals surface area (Å²) in [6.45, 7) is 2.63. The highest BCUT2D eigenvalue weighted by molar-refractivity contribution is 6.30. The third kappa shape index (κ3) is 2.62. The summed E-state index contributed by atoms with van der Waals surface area (Å²) in [7, 11) is 0. The molecule has 2 aromatic rings. The van der Waals surface area contributed by atoms with Gasteiger partial charge in [0.25, 0.3) is 0 Å². The van der Waals surface area contributed by atoms with Crippen LogP contribution in [0, 0.1) is 6.92 Å². The van der Waals surface area contributed by atoms with Crippen LogP contribution in [0.4, 0.5) is 0 Å². The SMILES string of the molecule is Cc1ccc(Cl)cc1-n1nnnc1CCCN. The van der Waals surface area contributed by atoms with E-state index in [2.05, 4.69) is 15.5 Å². The first-order chi connectivity index (χ1) is 8.22. The quantitative estimate of drug-likeness (QED) is 0.894. The van der Waals surface area contributed by atoms with Gasteiger partial charge in [-0.3, -0.25) is 0 Å². The van der Waals surface area contributed by atoms with E-state index in [1.54, 1.807) is 4.68 Å². The van der Waals surface area contributed by atoms with E-state index >= 15 is 0 Å². The number of aryl methyl sites for hydroxylation is 2. The number of halogens is 1. The van der Waals surface area contributed by atoms with Crippen molar-refractivity contribution in [1.29, 1.82) is 0 Å². The van der Waals surface area contributed by atoms with Gasteiger partial charge in [0.05, 0.1) is 5.69 Å². The number of rotatable bonds is 4. The van der Waals surface area contributed by atoms with Crippen LogP contribution in [0.15, 0.2) is 18.2 Å². The Morgan fingerprint density at radius 2 is 2.24 bits per heavy atom. The zero-order chi connectivity index (χ0) is 12.3. The van der Waals surface area contributed by atoms with Crippen molar-refractivity contribution in [2.24, 2.45) is 5.73 Å². The molecule has 6 heteroatoms. The summed E-state index contributed by atoms with van der Waals surface area (Å²) in [5, 5.41) is 12.4. The molecule has 0 aliphatic heterocycles. The standard InChI is InChI=1S/C11H14ClN5/c1-8-4-5-9(12)7-10(8)17-11(3-2-6-13)14-15-16-17/h4-5,7H,2-3,6,13H2,1H3. The number of aromatic nitrogens is 4. The molecule has 0 radical (unpaired) electrons. The van der Waals surface area contributed by atoms with Crippen molar-refractivity contribution in [3.8, 4) is 5.69 Å². The monoisotopic (exact) mass is 251 g/mol. The van der Waals surface area contributed by atoms with Crippen molar-refractivity contribution < 1.29 is 0 Å². The molecule has 0 unspecified atom stereocenters. The van der Waals surface area contributed by atoms with Gasteiger partial charge in [-0.25, -0.2) is 0 Å². The lowest BCUT2D eigenvalue weighted by molar-refractivity contribution is 0.724. The summed E-state index contributed by atoms with van der Waals surface area (Å²) in [5.41, 5.74) is 7.48. The average molecular weight is 252 g/mol. The van der Waals surface area contributed by atoms with Crippen LogP contribution in [0.25, 0.3) is 5.69 Å². The summed E-state index contributed by atoms with van der Waals surface area (Å²) < 4.78 is 1.72. The molecule has 2 N–H and O–H groups in total. The fraction of sp³-hybridized carbons (Fsp3) is 0.364. The second-order valence-electron chi connectivity index (χ2n) is 3.83. The second-order valence-corrected chi connectivity index (χ2v) is 4.27. The molecule has 0 amide bonds. The minimum absolute atomic E-state index is 0.626. The number of hydrogen-bond acceptors (Lipinski definition) is 4. The second kappa shape index (κ2) is 5.25. The van der Waals surface area contributed by atoms with Gasteiger partial charge in [-0.2, -0.15) is 4.68 Å². The van der Waals surface area contributed by atoms with Crippen molar-refractivity contribution >= 4 is 11.6 Å². The van der Waals surface area contributed by atoms with E-state index in [4.69, 9.17) is 17.3 Å². The van der Waals surface area contributed by atoms with E-state index in [-0.39, 0.29) is 0 Å². The van der Waals surface area contributed by atoms with Crippen LogP contribution >= 0.6 is 11.6 Å². The highest BCUT2D eigenvalue weighted by Crippen LogP contribution is 2.19. The topological polar surface area (TPSA) is 69.6 Å². The summed E-state index contributed by atoms with van der Waals surface area (Å²) in [5.74, 6) is 0.806. The Kier molecular flexibility index (Phi) is 3.71. The van der Waals surface area contributed by atoms with Gasteiger partial charge in [0.15, 0.2) is 5.82 Å². The maximum Gasteiger partial charge on any atom is 0.156 e. The van der Waals surface area contributed by atoms with E-state index < -0.39 is 0 Å². The minimum Gasteiger partial charge on any atom is -0.330 e. The summed E-state index contributed by atoms with van der Waals surface area (Å²) >= 11 is 5.99. The molecule has 0 atom stereocenters. The normalized spacial score (nSPS) is 10.8. The summed E-state index contributed by atoms with van der Waals surface area (Å²) in [6, 6.07) is 5.66. The van der Waals surface area contributed by atoms with Crippen molar-refractivity contribution in [2.75, 3.05) is 6.54 Å². The molecule has 0 saturated carbocycles. The molecule has 17 heavy (non-hydrogen) atoms. The minimum atomic E-state index is 0.626. The fourth-order valence-corrected chi connectivity index (χ4v) is 1.79. The molecule has 1 aromatic carbocycles. The average Bonchev–Trinajstić information content (AvgIpc) is 2.77. The fourth-order valence-electron chi connectivity index (χ4n) is 1.62. The van der Waals surface area contributed by atoms with Crippen LogP contribution < -0.4 is 5.73 Å². The lowest BCUT2D eigenvalue weighted by Crippen LogP contribution is -2.08. The van der Waals surface area contributed by atoms with E-state index in [9.17, 15) is 0 Å². The zero-order valence-corrected chi connectivity index (χ0v) is 10.4. The van der Waals surface area contributed by atoms with Gasteiger partial charge in [-0.15, -0.1) is 5.10 Å². The van der Waals surface area contributed by atoms with Crippen LogP contribution in [-0.4, -0.2) is 26.8 Å². The van der Waals surface area contributed by atoms with Gasteiger partial charge in [-0.1, -0.05) is 17.7 Å². The molecule has 90 valence electrons. The predicted molar refractivity (Wildman–Crippen MR) is 66.3 cm³/mol. The predicted octanol–water partition coefficient (Wildman–Crippen LogP) is 1.52. The Bertz CT molecular complexity index is 508. The number of tetrazole rings is 1. The third-order valence-electron chi connectivity index (χ3n) is 2.54. The van der Waals surface area contributed by atoms with Gasteiger partial charge in [0.2, 0.25) is 0 Å². The number of hydrogen-bond donors (Lipinski definition) is 1. The number of nitrogens with two attached hydrogens (primary N) is 1. The molecular weight excluding hydrogens is 238 g/mol. The Labute approximate surface area is 105 Å². The van der Waals surface area contributed by atoms with Gasteiger partial charge in [-0.05, 0) is 48.0 Å². The molecule has 1 heterocycles. The van der Waals surface area contributed by atoms with E-state index in [1.165, 1.54) is 0 Å². The first kappa shape index (κ1) is 12.0. The highest BCUT2D eigenvalue weighted by atomic mass is 35.5. The molecule has 0 fully saturated rings. The van der Waals surface area contributed by atoms with Crippen LogP contribution in [0.1, 0.15) is 17.8 Å². The smallest absolute Gasteiger partial charge is 0.156 e. The van der Waals surface area contributed by atoms with Crippen molar-refractivity contribution in [2.45, 2.75) is 19.8 Å². The van der Waals surface area contributed by atoms with Crippen molar-refractivity contribution in [1.82, 2.24) is 20.2 Å². The van der Waals surface area contributed by atoms with E-state index in [0.29, 0.717) is 11.6 Å².